The summed E-state index contributed by atoms with van der Waals surface area (Å²) in [7, 11) is 0. The van der Waals surface area contributed by atoms with E-state index in [0.29, 0.717) is 6.42 Å². The molecule has 1 heterocycles. The van der Waals surface area contributed by atoms with Gasteiger partial charge in [0.2, 0.25) is 0 Å². The first-order chi connectivity index (χ1) is 9.33. The van der Waals surface area contributed by atoms with Crippen molar-refractivity contribution < 1.29 is 9.53 Å². The number of carbonyl (C=O) groups excluding carboxylic acids is 1. The minimum absolute atomic E-state index is 0.00271. The third-order valence-corrected chi connectivity index (χ3v) is 3.82. The van der Waals surface area contributed by atoms with E-state index in [0.717, 1.165) is 32.1 Å². The van der Waals surface area contributed by atoms with Gasteiger partial charge < -0.3 is 4.74 Å². The van der Waals surface area contributed by atoms with Gasteiger partial charge in [0, 0.05) is 6.42 Å². The van der Waals surface area contributed by atoms with Crippen LogP contribution in [0.5, 0.6) is 0 Å². The maximum Gasteiger partial charge on any atom is 0.306 e. The zero-order chi connectivity index (χ0) is 13.8. The van der Waals surface area contributed by atoms with Crippen LogP contribution in [0.4, 0.5) is 0 Å². The van der Waals surface area contributed by atoms with Gasteiger partial charge in [-0.1, -0.05) is 38.3 Å². The van der Waals surface area contributed by atoms with E-state index in [1.807, 2.05) is 0 Å². The molecule has 0 N–H and O–H groups in total. The van der Waals surface area contributed by atoms with Crippen LogP contribution in [0.15, 0.2) is 12.2 Å². The summed E-state index contributed by atoms with van der Waals surface area (Å²) < 4.78 is 5.54. The van der Waals surface area contributed by atoms with Gasteiger partial charge >= 0.3 is 5.97 Å². The molecule has 0 saturated heterocycles. The van der Waals surface area contributed by atoms with Crippen LogP contribution in [0.25, 0.3) is 0 Å². The van der Waals surface area contributed by atoms with E-state index < -0.39 is 0 Å². The van der Waals surface area contributed by atoms with E-state index in [4.69, 9.17) is 4.74 Å². The third-order valence-electron chi connectivity index (χ3n) is 3.82. The number of rotatable bonds is 1. The summed E-state index contributed by atoms with van der Waals surface area (Å²) in [4.78, 5) is 11.7. The molecule has 110 valence electrons. The van der Waals surface area contributed by atoms with Crippen LogP contribution in [0.3, 0.4) is 0 Å². The Morgan fingerprint density at radius 3 is 2.37 bits per heavy atom. The van der Waals surface area contributed by atoms with Gasteiger partial charge in [-0.3, -0.25) is 4.79 Å². The number of hydrogen-bond acceptors (Lipinski definition) is 2. The van der Waals surface area contributed by atoms with Crippen molar-refractivity contribution in [2.75, 3.05) is 0 Å². The van der Waals surface area contributed by atoms with Gasteiger partial charge in [-0.05, 0) is 51.4 Å². The fourth-order valence-corrected chi connectivity index (χ4v) is 2.52. The monoisotopic (exact) mass is 266 g/mol. The molecule has 0 bridgehead atoms. The number of cyclic esters (lactones) is 1. The molecule has 1 aliphatic rings. The van der Waals surface area contributed by atoms with Crippen LogP contribution in [0, 0.1) is 0 Å². The van der Waals surface area contributed by atoms with Crippen molar-refractivity contribution in [1.29, 1.82) is 0 Å². The van der Waals surface area contributed by atoms with Crippen LogP contribution < -0.4 is 0 Å². The summed E-state index contributed by atoms with van der Waals surface area (Å²) in [6.07, 6.45) is 18.1. The van der Waals surface area contributed by atoms with E-state index in [2.05, 4.69) is 19.1 Å². The second-order valence-corrected chi connectivity index (χ2v) is 5.58. The van der Waals surface area contributed by atoms with E-state index in [1.165, 1.54) is 38.5 Å². The first kappa shape index (κ1) is 16.3. The van der Waals surface area contributed by atoms with E-state index >= 15 is 0 Å². The Morgan fingerprint density at radius 2 is 1.63 bits per heavy atom. The molecule has 19 heavy (non-hydrogen) atoms. The summed E-state index contributed by atoms with van der Waals surface area (Å²) in [6.45, 7) is 2.11. The smallest absolute Gasteiger partial charge is 0.306 e. The highest BCUT2D eigenvalue weighted by Crippen LogP contribution is 2.15. The third kappa shape index (κ3) is 8.85. The lowest BCUT2D eigenvalue weighted by molar-refractivity contribution is -0.149. The molecule has 2 heteroatoms. The normalized spacial score (nSPS) is 26.6. The highest BCUT2D eigenvalue weighted by molar-refractivity contribution is 5.69. The largest absolute Gasteiger partial charge is 0.462 e. The number of allylic oxidation sites excluding steroid dienone is 2. The number of carbonyl (C=O) groups is 1. The molecule has 1 unspecified atom stereocenters. The van der Waals surface area contributed by atoms with E-state index in [9.17, 15) is 4.79 Å². The van der Waals surface area contributed by atoms with Crippen LogP contribution in [0.2, 0.25) is 0 Å². The Bertz CT molecular complexity index is 258. The van der Waals surface area contributed by atoms with Crippen molar-refractivity contribution in [3.05, 3.63) is 12.2 Å². The Hall–Kier alpha value is -0.790. The molecule has 0 aliphatic carbocycles. The lowest BCUT2D eigenvalue weighted by Crippen LogP contribution is -2.17. The fraction of sp³-hybridized carbons (Fsp3) is 0.824. The molecule has 0 aromatic carbocycles. The van der Waals surface area contributed by atoms with E-state index in [-0.39, 0.29) is 12.1 Å². The molecule has 1 atom stereocenters. The van der Waals surface area contributed by atoms with Crippen molar-refractivity contribution in [2.24, 2.45) is 0 Å². The number of ether oxygens (including phenoxy) is 1. The average Bonchev–Trinajstić information content (AvgIpc) is 2.41. The molecular formula is C17H30O2. The van der Waals surface area contributed by atoms with Crippen LogP contribution in [-0.2, 0) is 9.53 Å². The molecule has 0 radical (unpaired) electrons. The van der Waals surface area contributed by atoms with Gasteiger partial charge in [0.05, 0.1) is 0 Å². The predicted octanol–water partition coefficient (Wildman–Crippen LogP) is 5.17. The Morgan fingerprint density at radius 1 is 1.00 bits per heavy atom. The molecule has 0 saturated carbocycles. The highest BCUT2D eigenvalue weighted by atomic mass is 16.5. The summed E-state index contributed by atoms with van der Waals surface area (Å²) in [5.74, 6) is 0.00271. The number of hydrogen-bond donors (Lipinski definition) is 0. The summed E-state index contributed by atoms with van der Waals surface area (Å²) >= 11 is 0. The molecule has 1 rings (SSSR count). The van der Waals surface area contributed by atoms with Crippen molar-refractivity contribution in [1.82, 2.24) is 0 Å². The molecule has 0 aromatic heterocycles. The van der Waals surface area contributed by atoms with Crippen LogP contribution in [-0.4, -0.2) is 12.1 Å². The van der Waals surface area contributed by atoms with Gasteiger partial charge in [0.15, 0.2) is 0 Å². The molecule has 0 aromatic rings. The predicted molar refractivity (Wildman–Crippen MR) is 80.1 cm³/mol. The van der Waals surface area contributed by atoms with E-state index in [1.54, 1.807) is 0 Å². The van der Waals surface area contributed by atoms with Crippen LogP contribution in [0.1, 0.15) is 84.0 Å². The lowest BCUT2D eigenvalue weighted by Gasteiger charge is -2.16. The minimum Gasteiger partial charge on any atom is -0.462 e. The fourth-order valence-electron chi connectivity index (χ4n) is 2.52. The lowest BCUT2D eigenvalue weighted by atomic mass is 10.0. The summed E-state index contributed by atoms with van der Waals surface area (Å²) in [5, 5.41) is 0. The first-order valence-electron chi connectivity index (χ1n) is 8.17. The zero-order valence-electron chi connectivity index (χ0n) is 12.5. The van der Waals surface area contributed by atoms with Crippen molar-refractivity contribution in [3.8, 4) is 0 Å². The van der Waals surface area contributed by atoms with Gasteiger partial charge in [-0.25, -0.2) is 0 Å². The SMILES string of the molecule is CCC1CCCCCCC/C=C/CCCCC(=O)O1. The van der Waals surface area contributed by atoms with Gasteiger partial charge in [0.1, 0.15) is 6.10 Å². The Balaban J connectivity index is 2.34. The molecule has 0 fully saturated rings. The quantitative estimate of drug-likeness (QED) is 0.483. The maximum absolute atomic E-state index is 11.7. The van der Waals surface area contributed by atoms with Crippen molar-refractivity contribution in [2.45, 2.75) is 90.1 Å². The standard InChI is InChI=1S/C17H30O2/c1-2-16-14-12-10-8-6-4-3-5-7-9-11-13-15-17(18)19-16/h5,7,16H,2-4,6,8-15H2,1H3/b7-5+. The number of esters is 1. The van der Waals surface area contributed by atoms with Crippen LogP contribution >= 0.6 is 0 Å². The zero-order valence-corrected chi connectivity index (χ0v) is 12.5. The Kier molecular flexibility index (Phi) is 9.48. The molecule has 0 amide bonds. The minimum atomic E-state index is 0.00271. The van der Waals surface area contributed by atoms with Gasteiger partial charge in [0.25, 0.3) is 0 Å². The second kappa shape index (κ2) is 11.1. The summed E-state index contributed by atoms with van der Waals surface area (Å²) in [5.41, 5.74) is 0. The second-order valence-electron chi connectivity index (χ2n) is 5.58. The highest BCUT2D eigenvalue weighted by Gasteiger charge is 2.11. The summed E-state index contributed by atoms with van der Waals surface area (Å²) in [6, 6.07) is 0. The van der Waals surface area contributed by atoms with Crippen molar-refractivity contribution in [3.63, 3.8) is 0 Å². The Labute approximate surface area is 118 Å². The molecular weight excluding hydrogens is 236 g/mol. The molecule has 1 aliphatic heterocycles. The first-order valence-corrected chi connectivity index (χ1v) is 8.17. The topological polar surface area (TPSA) is 26.3 Å². The molecule has 2 nitrogen and oxygen atoms in total. The van der Waals surface area contributed by atoms with Gasteiger partial charge in [-0.15, -0.1) is 0 Å². The van der Waals surface area contributed by atoms with Crippen molar-refractivity contribution >= 4 is 5.97 Å². The van der Waals surface area contributed by atoms with Gasteiger partial charge in [-0.2, -0.15) is 0 Å². The molecule has 0 spiro atoms. The average molecular weight is 266 g/mol. The maximum atomic E-state index is 11.7.